The van der Waals surface area contributed by atoms with Crippen molar-refractivity contribution in [3.05, 3.63) is 28.8 Å². The van der Waals surface area contributed by atoms with Gasteiger partial charge < -0.3 is 5.32 Å². The fourth-order valence-corrected chi connectivity index (χ4v) is 2.97. The monoisotopic (exact) mass is 304 g/mol. The molecule has 2 nitrogen and oxygen atoms in total. The summed E-state index contributed by atoms with van der Waals surface area (Å²) in [4.78, 5) is 2.41. The average Bonchev–Trinajstić information content (AvgIpc) is 3.12. The lowest BCUT2D eigenvalue weighted by atomic mass is 10.1. The van der Waals surface area contributed by atoms with E-state index in [2.05, 4.69) is 10.2 Å². The van der Waals surface area contributed by atoms with Crippen LogP contribution >= 0.6 is 11.6 Å². The molecular weight excluding hydrogens is 289 g/mol. The van der Waals surface area contributed by atoms with Gasteiger partial charge in [0.1, 0.15) is 0 Å². The van der Waals surface area contributed by atoms with Crippen molar-refractivity contribution in [2.45, 2.75) is 37.5 Å². The second-order valence-corrected chi connectivity index (χ2v) is 5.96. The van der Waals surface area contributed by atoms with Crippen LogP contribution in [0.1, 0.15) is 24.8 Å². The summed E-state index contributed by atoms with van der Waals surface area (Å²) in [5, 5.41) is 2.94. The molecule has 0 radical (unpaired) electrons. The van der Waals surface area contributed by atoms with Crippen LogP contribution in [0.25, 0.3) is 0 Å². The molecule has 1 aromatic carbocycles. The van der Waals surface area contributed by atoms with Crippen LogP contribution in [0.3, 0.4) is 0 Å². The van der Waals surface area contributed by atoms with Crippen molar-refractivity contribution in [2.24, 2.45) is 0 Å². The Bertz CT molecular complexity index is 500. The van der Waals surface area contributed by atoms with Crippen molar-refractivity contribution >= 4 is 17.3 Å². The highest BCUT2D eigenvalue weighted by Gasteiger charge is 2.35. The summed E-state index contributed by atoms with van der Waals surface area (Å²) >= 11 is 5.61. The topological polar surface area (TPSA) is 15.3 Å². The molecule has 1 saturated heterocycles. The number of anilines is 1. The van der Waals surface area contributed by atoms with E-state index in [1.54, 1.807) is 6.07 Å². The normalized spacial score (nSPS) is 24.1. The molecule has 1 saturated carbocycles. The van der Waals surface area contributed by atoms with Gasteiger partial charge in [-0.2, -0.15) is 13.2 Å². The van der Waals surface area contributed by atoms with Crippen molar-refractivity contribution < 1.29 is 13.2 Å². The number of nitrogens with zero attached hydrogens (tertiary/aromatic N) is 1. The largest absolute Gasteiger partial charge is 0.417 e. The molecule has 1 atom stereocenters. The fourth-order valence-electron chi connectivity index (χ4n) is 2.74. The van der Waals surface area contributed by atoms with E-state index in [-0.39, 0.29) is 11.1 Å². The van der Waals surface area contributed by atoms with Gasteiger partial charge in [-0.05, 0) is 37.5 Å². The molecule has 1 aliphatic heterocycles. The number of halogens is 4. The zero-order valence-corrected chi connectivity index (χ0v) is 11.6. The number of nitrogens with one attached hydrogen (secondary N) is 1. The first-order valence-corrected chi connectivity index (χ1v) is 7.18. The zero-order chi connectivity index (χ0) is 14.3. The number of benzene rings is 1. The quantitative estimate of drug-likeness (QED) is 0.908. The number of alkyl halides is 3. The molecule has 0 amide bonds. The smallest absolute Gasteiger partial charge is 0.381 e. The molecule has 1 N–H and O–H groups in total. The number of likely N-dealkylation sites (tertiary alicyclic amines) is 1. The van der Waals surface area contributed by atoms with Crippen molar-refractivity contribution in [1.29, 1.82) is 0 Å². The Kier molecular flexibility index (Phi) is 3.58. The molecule has 1 heterocycles. The van der Waals surface area contributed by atoms with Gasteiger partial charge in [-0.25, -0.2) is 0 Å². The van der Waals surface area contributed by atoms with E-state index in [1.165, 1.54) is 18.9 Å². The molecule has 1 aliphatic carbocycles. The third-order valence-corrected chi connectivity index (χ3v) is 4.26. The Labute approximate surface area is 120 Å². The van der Waals surface area contributed by atoms with E-state index in [0.717, 1.165) is 25.6 Å². The Balaban J connectivity index is 1.68. The number of hydrogen-bond acceptors (Lipinski definition) is 2. The first kappa shape index (κ1) is 14.0. The molecule has 2 aliphatic rings. The predicted molar refractivity (Wildman–Crippen MR) is 73.1 cm³/mol. The maximum atomic E-state index is 12.8. The van der Waals surface area contributed by atoms with Gasteiger partial charge in [-0.15, -0.1) is 0 Å². The van der Waals surface area contributed by atoms with Crippen LogP contribution in [0.4, 0.5) is 18.9 Å². The van der Waals surface area contributed by atoms with Gasteiger partial charge in [0.15, 0.2) is 0 Å². The number of rotatable bonds is 3. The Morgan fingerprint density at radius 1 is 1.20 bits per heavy atom. The lowest BCUT2D eigenvalue weighted by Crippen LogP contribution is -2.27. The molecule has 1 unspecified atom stereocenters. The van der Waals surface area contributed by atoms with Crippen molar-refractivity contribution in [3.8, 4) is 0 Å². The molecule has 1 aromatic rings. The summed E-state index contributed by atoms with van der Waals surface area (Å²) in [5.41, 5.74) is -0.286. The van der Waals surface area contributed by atoms with E-state index < -0.39 is 11.7 Å². The van der Waals surface area contributed by atoms with Crippen LogP contribution < -0.4 is 5.32 Å². The van der Waals surface area contributed by atoms with Crippen LogP contribution in [-0.2, 0) is 6.18 Å². The minimum absolute atomic E-state index is 0.220. The van der Waals surface area contributed by atoms with E-state index in [0.29, 0.717) is 11.7 Å². The molecule has 20 heavy (non-hydrogen) atoms. The molecule has 0 spiro atoms. The Morgan fingerprint density at radius 2 is 1.95 bits per heavy atom. The van der Waals surface area contributed by atoms with Gasteiger partial charge in [0.25, 0.3) is 0 Å². The van der Waals surface area contributed by atoms with E-state index in [1.807, 2.05) is 0 Å². The Hall–Kier alpha value is -0.940. The lowest BCUT2D eigenvalue weighted by Gasteiger charge is -2.18. The summed E-state index contributed by atoms with van der Waals surface area (Å²) in [6, 6.07) is 4.94. The molecule has 6 heteroatoms. The van der Waals surface area contributed by atoms with Crippen molar-refractivity contribution in [3.63, 3.8) is 0 Å². The molecule has 3 rings (SSSR count). The first-order valence-electron chi connectivity index (χ1n) is 6.81. The first-order chi connectivity index (χ1) is 9.43. The maximum absolute atomic E-state index is 12.8. The van der Waals surface area contributed by atoms with Gasteiger partial charge >= 0.3 is 6.18 Å². The SMILES string of the molecule is FC(F)(F)c1cc(NC2CCN(C3CC3)C2)ccc1Cl. The summed E-state index contributed by atoms with van der Waals surface area (Å²) in [7, 11) is 0. The third-order valence-electron chi connectivity index (χ3n) is 3.93. The maximum Gasteiger partial charge on any atom is 0.417 e. The predicted octanol–water partition coefficient (Wildman–Crippen LogP) is 4.01. The van der Waals surface area contributed by atoms with Crippen LogP contribution in [-0.4, -0.2) is 30.1 Å². The second kappa shape index (κ2) is 5.11. The van der Waals surface area contributed by atoms with E-state index in [9.17, 15) is 13.2 Å². The fraction of sp³-hybridized carbons (Fsp3) is 0.571. The van der Waals surface area contributed by atoms with Crippen LogP contribution in [0, 0.1) is 0 Å². The minimum atomic E-state index is -4.41. The van der Waals surface area contributed by atoms with Crippen LogP contribution in [0.2, 0.25) is 5.02 Å². The number of hydrogen-bond donors (Lipinski definition) is 1. The lowest BCUT2D eigenvalue weighted by molar-refractivity contribution is -0.137. The highest BCUT2D eigenvalue weighted by atomic mass is 35.5. The van der Waals surface area contributed by atoms with E-state index >= 15 is 0 Å². The highest BCUT2D eigenvalue weighted by Crippen LogP contribution is 2.37. The van der Waals surface area contributed by atoms with Crippen LogP contribution in [0.15, 0.2) is 18.2 Å². The third kappa shape index (κ3) is 3.04. The van der Waals surface area contributed by atoms with Gasteiger partial charge in [-0.3, -0.25) is 4.90 Å². The summed E-state index contributed by atoms with van der Waals surface area (Å²) in [6.07, 6.45) is -0.928. The highest BCUT2D eigenvalue weighted by molar-refractivity contribution is 6.31. The van der Waals surface area contributed by atoms with E-state index in [4.69, 9.17) is 11.6 Å². The Morgan fingerprint density at radius 3 is 2.60 bits per heavy atom. The van der Waals surface area contributed by atoms with Gasteiger partial charge in [0.2, 0.25) is 0 Å². The zero-order valence-electron chi connectivity index (χ0n) is 10.9. The van der Waals surface area contributed by atoms with Crippen LogP contribution in [0.5, 0.6) is 0 Å². The molecule has 110 valence electrons. The standard InChI is InChI=1S/C14H16ClF3N2/c15-13-4-1-9(7-12(13)14(16,17)18)19-10-5-6-20(8-10)11-2-3-11/h1,4,7,10-11,19H,2-3,5-6,8H2. The van der Waals surface area contributed by atoms with Gasteiger partial charge in [0, 0.05) is 30.9 Å². The van der Waals surface area contributed by atoms with Gasteiger partial charge in [-0.1, -0.05) is 11.6 Å². The van der Waals surface area contributed by atoms with Crippen molar-refractivity contribution in [2.75, 3.05) is 18.4 Å². The summed E-state index contributed by atoms with van der Waals surface area (Å²) < 4.78 is 38.4. The molecule has 0 aromatic heterocycles. The second-order valence-electron chi connectivity index (χ2n) is 5.55. The van der Waals surface area contributed by atoms with Gasteiger partial charge in [0.05, 0.1) is 10.6 Å². The molecule has 0 bridgehead atoms. The minimum Gasteiger partial charge on any atom is -0.381 e. The molecular formula is C14H16ClF3N2. The van der Waals surface area contributed by atoms with Crippen molar-refractivity contribution in [1.82, 2.24) is 4.90 Å². The summed E-state index contributed by atoms with van der Waals surface area (Å²) in [5.74, 6) is 0. The summed E-state index contributed by atoms with van der Waals surface area (Å²) in [6.45, 7) is 1.94. The average molecular weight is 305 g/mol. The molecule has 2 fully saturated rings.